The Bertz CT molecular complexity index is 1520. The molecule has 214 valence electrons. The summed E-state index contributed by atoms with van der Waals surface area (Å²) in [6.45, 7) is 6.02. The number of aliphatic hydroxyl groups excluding tert-OH is 1. The standard InChI is InChI=1S/C32H35FN4O4/c1-19(25-7-5-4-6-20(25)8-10-22-16-32(22,2)3)35-31(41)28-15-24(38)18-37(28)29(39)17-34-30(40)27-12-9-21-14-23(33)11-13-26(21)36-27/h4-14,19,22,24,28,38H,15-18H2,1-3H3,(H,34,40)(H,35,41)/b10-8+/t19-,22?,24+,28-/m0/s1. The highest BCUT2D eigenvalue weighted by Crippen LogP contribution is 2.52. The van der Waals surface area contributed by atoms with Crippen molar-refractivity contribution in [3.63, 3.8) is 0 Å². The van der Waals surface area contributed by atoms with Crippen molar-refractivity contribution in [3.8, 4) is 0 Å². The molecule has 1 saturated heterocycles. The third kappa shape index (κ3) is 6.46. The molecule has 0 radical (unpaired) electrons. The minimum Gasteiger partial charge on any atom is -0.391 e. The van der Waals surface area contributed by atoms with Crippen LogP contribution in [0.15, 0.2) is 60.7 Å². The minimum atomic E-state index is -0.861. The van der Waals surface area contributed by atoms with E-state index in [9.17, 15) is 23.9 Å². The lowest BCUT2D eigenvalue weighted by Gasteiger charge is -2.26. The second-order valence-corrected chi connectivity index (χ2v) is 11.7. The summed E-state index contributed by atoms with van der Waals surface area (Å²) in [4.78, 5) is 44.6. The highest BCUT2D eigenvalue weighted by molar-refractivity contribution is 5.97. The minimum absolute atomic E-state index is 0.00252. The van der Waals surface area contributed by atoms with E-state index in [1.54, 1.807) is 6.07 Å². The molecule has 2 aliphatic rings. The molecule has 0 bridgehead atoms. The zero-order valence-corrected chi connectivity index (χ0v) is 23.4. The molecule has 1 saturated carbocycles. The predicted octanol–water partition coefficient (Wildman–Crippen LogP) is 4.00. The van der Waals surface area contributed by atoms with Gasteiger partial charge in [-0.2, -0.15) is 0 Å². The molecular weight excluding hydrogens is 523 g/mol. The van der Waals surface area contributed by atoms with Gasteiger partial charge < -0.3 is 20.6 Å². The van der Waals surface area contributed by atoms with E-state index in [1.165, 1.54) is 29.2 Å². The number of hydrogen-bond acceptors (Lipinski definition) is 5. The van der Waals surface area contributed by atoms with Gasteiger partial charge in [0.15, 0.2) is 0 Å². The van der Waals surface area contributed by atoms with Gasteiger partial charge in [0.25, 0.3) is 5.91 Å². The lowest BCUT2D eigenvalue weighted by Crippen LogP contribution is -2.49. The van der Waals surface area contributed by atoms with Gasteiger partial charge in [0, 0.05) is 18.4 Å². The summed E-state index contributed by atoms with van der Waals surface area (Å²) in [6.07, 6.45) is 4.76. The molecule has 9 heteroatoms. The zero-order valence-electron chi connectivity index (χ0n) is 23.4. The molecule has 41 heavy (non-hydrogen) atoms. The first-order valence-corrected chi connectivity index (χ1v) is 13.9. The average Bonchev–Trinajstić information content (AvgIpc) is 3.36. The van der Waals surface area contributed by atoms with Crippen LogP contribution in [0, 0.1) is 17.2 Å². The maximum Gasteiger partial charge on any atom is 0.270 e. The summed E-state index contributed by atoms with van der Waals surface area (Å²) in [7, 11) is 0. The number of carbonyl (C=O) groups is 3. The highest BCUT2D eigenvalue weighted by Gasteiger charge is 2.43. The number of benzene rings is 2. The number of aliphatic hydroxyl groups is 1. The molecule has 2 heterocycles. The van der Waals surface area contributed by atoms with Crippen molar-refractivity contribution in [1.82, 2.24) is 20.5 Å². The van der Waals surface area contributed by atoms with Crippen molar-refractivity contribution in [2.75, 3.05) is 13.1 Å². The Morgan fingerprint density at radius 2 is 1.93 bits per heavy atom. The lowest BCUT2D eigenvalue weighted by atomic mass is 9.99. The molecule has 2 aromatic carbocycles. The summed E-state index contributed by atoms with van der Waals surface area (Å²) < 4.78 is 13.4. The number of hydrogen-bond donors (Lipinski definition) is 3. The van der Waals surface area contributed by atoms with Crippen LogP contribution in [-0.4, -0.2) is 57.9 Å². The summed E-state index contributed by atoms with van der Waals surface area (Å²) in [6, 6.07) is 13.8. The van der Waals surface area contributed by atoms with Crippen LogP contribution < -0.4 is 10.6 Å². The zero-order chi connectivity index (χ0) is 29.3. The normalized spacial score (nSPS) is 22.1. The van der Waals surface area contributed by atoms with Crippen molar-refractivity contribution in [1.29, 1.82) is 0 Å². The Hall–Kier alpha value is -4.11. The van der Waals surface area contributed by atoms with Crippen molar-refractivity contribution in [2.45, 2.75) is 51.8 Å². The third-order valence-electron chi connectivity index (χ3n) is 8.11. The molecule has 4 atom stereocenters. The van der Waals surface area contributed by atoms with Crippen molar-refractivity contribution in [2.24, 2.45) is 11.3 Å². The van der Waals surface area contributed by atoms with E-state index in [0.717, 1.165) is 17.5 Å². The van der Waals surface area contributed by atoms with Gasteiger partial charge in [-0.05, 0) is 60.1 Å². The van der Waals surface area contributed by atoms with Crippen LogP contribution in [0.5, 0.6) is 0 Å². The number of carbonyl (C=O) groups excluding carboxylic acids is 3. The number of aromatic nitrogens is 1. The number of fused-ring (bicyclic) bond motifs is 1. The maximum absolute atomic E-state index is 13.4. The van der Waals surface area contributed by atoms with Gasteiger partial charge in [-0.3, -0.25) is 14.4 Å². The van der Waals surface area contributed by atoms with Gasteiger partial charge in [0.2, 0.25) is 11.8 Å². The Kier molecular flexibility index (Phi) is 7.91. The molecule has 3 aromatic rings. The molecule has 8 nitrogen and oxygen atoms in total. The third-order valence-corrected chi connectivity index (χ3v) is 8.11. The molecule has 0 spiro atoms. The van der Waals surface area contributed by atoms with Gasteiger partial charge in [0.1, 0.15) is 17.6 Å². The number of β-amino-alcohol motifs (C(OH)–C–C–N with tert-alkyl or cyclic N) is 1. The summed E-state index contributed by atoms with van der Waals surface area (Å²) in [5.74, 6) is -1.28. The monoisotopic (exact) mass is 558 g/mol. The molecule has 1 unspecified atom stereocenters. The first kappa shape index (κ1) is 28.4. The number of pyridine rings is 1. The number of halogens is 1. The first-order valence-electron chi connectivity index (χ1n) is 13.9. The quantitative estimate of drug-likeness (QED) is 0.387. The van der Waals surface area contributed by atoms with E-state index in [-0.39, 0.29) is 37.2 Å². The van der Waals surface area contributed by atoms with Crippen LogP contribution in [-0.2, 0) is 9.59 Å². The molecule has 1 aliphatic carbocycles. The van der Waals surface area contributed by atoms with E-state index in [1.807, 2.05) is 31.2 Å². The average molecular weight is 559 g/mol. The number of nitrogens with zero attached hydrogens (tertiary/aromatic N) is 2. The number of likely N-dealkylation sites (tertiary alicyclic amines) is 1. The topological polar surface area (TPSA) is 112 Å². The summed E-state index contributed by atoms with van der Waals surface area (Å²) in [5.41, 5.74) is 2.85. The van der Waals surface area contributed by atoms with Gasteiger partial charge in [-0.1, -0.05) is 56.3 Å². The number of allylic oxidation sites excluding steroid dienone is 1. The summed E-state index contributed by atoms with van der Waals surface area (Å²) >= 11 is 0. The Balaban J connectivity index is 1.20. The summed E-state index contributed by atoms with van der Waals surface area (Å²) in [5, 5.41) is 16.4. The van der Waals surface area contributed by atoms with E-state index >= 15 is 0 Å². The fourth-order valence-electron chi connectivity index (χ4n) is 5.41. The van der Waals surface area contributed by atoms with Gasteiger partial charge in [-0.15, -0.1) is 0 Å². The van der Waals surface area contributed by atoms with Gasteiger partial charge >= 0.3 is 0 Å². The predicted molar refractivity (Wildman–Crippen MR) is 154 cm³/mol. The molecule has 3 N–H and O–H groups in total. The fourth-order valence-corrected chi connectivity index (χ4v) is 5.41. The molecule has 1 aromatic heterocycles. The van der Waals surface area contributed by atoms with Crippen LogP contribution in [0.25, 0.3) is 17.0 Å². The molecule has 1 aliphatic heterocycles. The second-order valence-electron chi connectivity index (χ2n) is 11.7. The molecule has 2 fully saturated rings. The van der Waals surface area contributed by atoms with Crippen LogP contribution in [0.2, 0.25) is 0 Å². The van der Waals surface area contributed by atoms with E-state index in [4.69, 9.17) is 0 Å². The lowest BCUT2D eigenvalue weighted by molar-refractivity contribution is -0.138. The Morgan fingerprint density at radius 1 is 1.17 bits per heavy atom. The number of rotatable bonds is 8. The second kappa shape index (κ2) is 11.4. The van der Waals surface area contributed by atoms with Crippen LogP contribution in [0.1, 0.15) is 61.3 Å². The Morgan fingerprint density at radius 3 is 2.68 bits per heavy atom. The molecule has 5 rings (SSSR count). The maximum atomic E-state index is 13.4. The fraction of sp³-hybridized carbons (Fsp3) is 0.375. The van der Waals surface area contributed by atoms with Crippen molar-refractivity contribution >= 4 is 34.7 Å². The van der Waals surface area contributed by atoms with Crippen molar-refractivity contribution < 1.29 is 23.9 Å². The van der Waals surface area contributed by atoms with Crippen LogP contribution >= 0.6 is 0 Å². The van der Waals surface area contributed by atoms with Gasteiger partial charge in [-0.25, -0.2) is 9.37 Å². The molecular formula is C32H35FN4O4. The number of amides is 3. The van der Waals surface area contributed by atoms with E-state index in [0.29, 0.717) is 22.2 Å². The van der Waals surface area contributed by atoms with Crippen LogP contribution in [0.3, 0.4) is 0 Å². The van der Waals surface area contributed by atoms with E-state index < -0.39 is 29.8 Å². The van der Waals surface area contributed by atoms with Gasteiger partial charge in [0.05, 0.1) is 24.2 Å². The smallest absolute Gasteiger partial charge is 0.270 e. The Labute approximate surface area is 238 Å². The van der Waals surface area contributed by atoms with Crippen LogP contribution in [0.4, 0.5) is 4.39 Å². The molecule has 3 amide bonds. The van der Waals surface area contributed by atoms with E-state index in [2.05, 4.69) is 41.6 Å². The van der Waals surface area contributed by atoms with Crippen molar-refractivity contribution in [3.05, 3.63) is 83.3 Å². The SMILES string of the molecule is C[C@H](NC(=O)[C@@H]1C[C@@H](O)CN1C(=O)CNC(=O)c1ccc2cc(F)ccc2n1)c1ccccc1/C=C/C1CC1(C)C. The largest absolute Gasteiger partial charge is 0.391 e. The number of nitrogens with one attached hydrogen (secondary N) is 2. The highest BCUT2D eigenvalue weighted by atomic mass is 19.1. The first-order chi connectivity index (χ1) is 19.5.